The highest BCUT2D eigenvalue weighted by Crippen LogP contribution is 2.32. The molecule has 184 valence electrons. The Morgan fingerprint density at radius 1 is 1.29 bits per heavy atom. The van der Waals surface area contributed by atoms with E-state index in [4.69, 9.17) is 14.2 Å². The molecule has 3 heterocycles. The molecule has 0 radical (unpaired) electrons. The van der Waals surface area contributed by atoms with Crippen LogP contribution in [0.3, 0.4) is 0 Å². The number of nitrogens with one attached hydrogen (secondary N) is 2. The molecule has 2 N–H and O–H groups in total. The van der Waals surface area contributed by atoms with Gasteiger partial charge in [-0.2, -0.15) is 4.37 Å². The highest BCUT2D eigenvalue weighted by atomic mass is 32.1. The molecule has 9 nitrogen and oxygen atoms in total. The lowest BCUT2D eigenvalue weighted by Gasteiger charge is -2.30. The maximum atomic E-state index is 12.5. The number of carbonyl (C=O) groups excluding carboxylic acids is 2. The second-order valence-corrected chi connectivity index (χ2v) is 9.33. The van der Waals surface area contributed by atoms with Gasteiger partial charge < -0.3 is 24.4 Å². The first-order valence-electron chi connectivity index (χ1n) is 11.8. The van der Waals surface area contributed by atoms with Gasteiger partial charge in [0.1, 0.15) is 17.4 Å². The van der Waals surface area contributed by atoms with Crippen LogP contribution in [0.25, 0.3) is 0 Å². The average molecular weight is 489 g/mol. The number of esters is 1. The first-order chi connectivity index (χ1) is 16.6. The van der Waals surface area contributed by atoms with E-state index in [2.05, 4.69) is 26.8 Å². The minimum atomic E-state index is -0.612. The Kier molecular flexibility index (Phi) is 8.23. The van der Waals surface area contributed by atoms with E-state index in [1.807, 2.05) is 18.2 Å². The number of hydrogen-bond donors (Lipinski definition) is 2. The number of likely N-dealkylation sites (tertiary alicyclic amines) is 1. The number of nitrogens with zero attached hydrogens (tertiary/aromatic N) is 2. The van der Waals surface area contributed by atoms with E-state index in [0.717, 1.165) is 68.2 Å². The van der Waals surface area contributed by atoms with Gasteiger partial charge in [0.15, 0.2) is 5.56 Å². The second-order valence-electron chi connectivity index (χ2n) is 8.56. The Balaban J connectivity index is 1.31. The normalized spacial score (nSPS) is 15.9. The minimum absolute atomic E-state index is 0.118. The maximum Gasteiger partial charge on any atom is 0.346 e. The van der Waals surface area contributed by atoms with Gasteiger partial charge in [-0.3, -0.25) is 5.32 Å². The molecule has 1 aromatic carbocycles. The molecule has 0 atom stereocenters. The number of rotatable bonds is 9. The third-order valence-corrected chi connectivity index (χ3v) is 7.15. The van der Waals surface area contributed by atoms with Gasteiger partial charge in [-0.25, -0.2) is 9.59 Å². The molecule has 1 fully saturated rings. The molecule has 2 amide bonds. The molecular formula is C24H32N4O5S. The van der Waals surface area contributed by atoms with Gasteiger partial charge >= 0.3 is 12.0 Å². The summed E-state index contributed by atoms with van der Waals surface area (Å²) >= 11 is 0.990. The molecule has 34 heavy (non-hydrogen) atoms. The third-order valence-electron chi connectivity index (χ3n) is 6.41. The Hall–Kier alpha value is -2.85. The predicted molar refractivity (Wildman–Crippen MR) is 130 cm³/mol. The maximum absolute atomic E-state index is 12.5. The summed E-state index contributed by atoms with van der Waals surface area (Å²) in [7, 11) is 1.29. The van der Waals surface area contributed by atoms with Crippen LogP contribution in [-0.2, 0) is 17.8 Å². The Bertz CT molecular complexity index is 1000. The van der Waals surface area contributed by atoms with Crippen molar-refractivity contribution in [2.24, 2.45) is 5.92 Å². The number of methoxy groups -OCH3 is 1. The molecule has 1 saturated heterocycles. The van der Waals surface area contributed by atoms with E-state index < -0.39 is 5.97 Å². The molecule has 1 aromatic heterocycles. The van der Waals surface area contributed by atoms with Crippen molar-refractivity contribution in [2.75, 3.05) is 45.2 Å². The summed E-state index contributed by atoms with van der Waals surface area (Å²) < 4.78 is 20.5. The number of piperidine rings is 1. The van der Waals surface area contributed by atoms with Crippen LogP contribution in [0.15, 0.2) is 18.2 Å². The lowest BCUT2D eigenvalue weighted by molar-refractivity contribution is 0.0596. The van der Waals surface area contributed by atoms with Crippen LogP contribution in [0.1, 0.15) is 47.7 Å². The number of fused-ring (bicyclic) bond motifs is 1. The van der Waals surface area contributed by atoms with E-state index >= 15 is 0 Å². The summed E-state index contributed by atoms with van der Waals surface area (Å²) in [5.41, 5.74) is 2.20. The zero-order valence-electron chi connectivity index (χ0n) is 19.7. The molecule has 2 aromatic rings. The minimum Gasteiger partial charge on any atom is -0.493 e. The topological polar surface area (TPSA) is 102 Å². The largest absolute Gasteiger partial charge is 0.493 e. The highest BCUT2D eigenvalue weighted by Gasteiger charge is 2.25. The molecule has 2 aliphatic heterocycles. The van der Waals surface area contributed by atoms with Gasteiger partial charge in [0, 0.05) is 13.0 Å². The molecule has 10 heteroatoms. The molecule has 0 aliphatic carbocycles. The smallest absolute Gasteiger partial charge is 0.346 e. The summed E-state index contributed by atoms with van der Waals surface area (Å²) in [6.45, 7) is 7.01. The quantitative estimate of drug-likeness (QED) is 0.519. The van der Waals surface area contributed by atoms with Crippen molar-refractivity contribution in [3.8, 4) is 11.6 Å². The molecule has 0 bridgehead atoms. The highest BCUT2D eigenvalue weighted by molar-refractivity contribution is 7.11. The summed E-state index contributed by atoms with van der Waals surface area (Å²) in [6, 6.07) is 5.55. The lowest BCUT2D eigenvalue weighted by atomic mass is 9.93. The number of amides is 2. The monoisotopic (exact) mass is 488 g/mol. The van der Waals surface area contributed by atoms with Crippen LogP contribution in [-0.4, -0.2) is 61.2 Å². The number of carbonyl (C=O) groups is 2. The Morgan fingerprint density at radius 2 is 2.12 bits per heavy atom. The van der Waals surface area contributed by atoms with Crippen LogP contribution >= 0.6 is 11.5 Å². The van der Waals surface area contributed by atoms with Crippen molar-refractivity contribution in [3.63, 3.8) is 0 Å². The van der Waals surface area contributed by atoms with E-state index in [1.165, 1.54) is 12.7 Å². The first kappa shape index (κ1) is 24.3. The fourth-order valence-electron chi connectivity index (χ4n) is 4.32. The van der Waals surface area contributed by atoms with Crippen molar-refractivity contribution in [1.82, 2.24) is 14.6 Å². The van der Waals surface area contributed by atoms with Crippen LogP contribution < -0.4 is 20.1 Å². The summed E-state index contributed by atoms with van der Waals surface area (Å²) in [5.74, 6) is 1.01. The van der Waals surface area contributed by atoms with Gasteiger partial charge in [0.2, 0.25) is 5.88 Å². The Morgan fingerprint density at radius 3 is 2.88 bits per heavy atom. The second kappa shape index (κ2) is 11.5. The summed E-state index contributed by atoms with van der Waals surface area (Å²) in [4.78, 5) is 27.3. The molecule has 4 rings (SSSR count). The number of ether oxygens (including phenoxy) is 3. The standard InChI is InChI=1S/C24H32N4O5S/c1-3-28-11-7-16(8-12-28)6-10-25-24(30)26-22-20(23(29)31-2)21(27-34-22)33-15-17-4-5-18-9-13-32-19(18)14-17/h4-5,14,16H,3,6-13,15H2,1-2H3,(H2,25,26,30). The number of hydrogen-bond acceptors (Lipinski definition) is 8. The van der Waals surface area contributed by atoms with Crippen LogP contribution in [0.2, 0.25) is 0 Å². The lowest BCUT2D eigenvalue weighted by Crippen LogP contribution is -2.35. The fraction of sp³-hybridized carbons (Fsp3) is 0.542. The molecule has 0 unspecified atom stereocenters. The third kappa shape index (κ3) is 5.98. The summed E-state index contributed by atoms with van der Waals surface area (Å²) in [6.07, 6.45) is 4.17. The summed E-state index contributed by atoms with van der Waals surface area (Å²) in [5, 5.41) is 5.92. The average Bonchev–Trinajstić information content (AvgIpc) is 3.49. The van der Waals surface area contributed by atoms with Gasteiger partial charge in [-0.05, 0) is 73.5 Å². The molecule has 0 saturated carbocycles. The fourth-order valence-corrected chi connectivity index (χ4v) is 5.04. The zero-order valence-corrected chi connectivity index (χ0v) is 20.5. The van der Waals surface area contributed by atoms with Gasteiger partial charge in [-0.1, -0.05) is 19.1 Å². The Labute approximate surface area is 203 Å². The SMILES string of the molecule is CCN1CCC(CCNC(=O)Nc2snc(OCc3ccc4c(c3)OCC4)c2C(=O)OC)CC1. The molecule has 0 spiro atoms. The van der Waals surface area contributed by atoms with E-state index in [0.29, 0.717) is 24.1 Å². The van der Waals surface area contributed by atoms with Crippen molar-refractivity contribution < 1.29 is 23.8 Å². The number of urea groups is 1. The van der Waals surface area contributed by atoms with Crippen molar-refractivity contribution in [1.29, 1.82) is 0 Å². The van der Waals surface area contributed by atoms with Crippen molar-refractivity contribution in [2.45, 2.75) is 39.2 Å². The van der Waals surface area contributed by atoms with Crippen LogP contribution in [0.5, 0.6) is 11.6 Å². The van der Waals surface area contributed by atoms with Gasteiger partial charge in [-0.15, -0.1) is 0 Å². The number of aromatic nitrogens is 1. The van der Waals surface area contributed by atoms with Gasteiger partial charge in [0.05, 0.1) is 13.7 Å². The van der Waals surface area contributed by atoms with Crippen molar-refractivity contribution >= 4 is 28.5 Å². The van der Waals surface area contributed by atoms with Gasteiger partial charge in [0.25, 0.3) is 0 Å². The zero-order chi connectivity index (χ0) is 23.9. The van der Waals surface area contributed by atoms with E-state index in [-0.39, 0.29) is 24.1 Å². The number of anilines is 1. The predicted octanol–water partition coefficient (Wildman–Crippen LogP) is 3.69. The van der Waals surface area contributed by atoms with Crippen LogP contribution in [0, 0.1) is 5.92 Å². The first-order valence-corrected chi connectivity index (χ1v) is 12.6. The molecule has 2 aliphatic rings. The van der Waals surface area contributed by atoms with Crippen molar-refractivity contribution in [3.05, 3.63) is 34.9 Å². The number of benzene rings is 1. The van der Waals surface area contributed by atoms with Crippen LogP contribution in [0.4, 0.5) is 9.80 Å². The molecular weight excluding hydrogens is 456 g/mol. The van der Waals surface area contributed by atoms with E-state index in [9.17, 15) is 9.59 Å². The van der Waals surface area contributed by atoms with E-state index in [1.54, 1.807) is 0 Å².